The number of carbonyl (C=O) groups excluding carboxylic acids is 2. The largest absolute Gasteiger partial charge is 0.463 e. The zero-order valence-electron chi connectivity index (χ0n) is 8.90. The highest BCUT2D eigenvalue weighted by atomic mass is 79.9. The first-order valence-electron chi connectivity index (χ1n) is 4.50. The van der Waals surface area contributed by atoms with Gasteiger partial charge in [-0.05, 0) is 24.0 Å². The summed E-state index contributed by atoms with van der Waals surface area (Å²) in [6, 6.07) is 7.43. The first-order valence-corrected chi connectivity index (χ1v) is 6.64. The van der Waals surface area contributed by atoms with Crippen LogP contribution in [0.1, 0.15) is 10.4 Å². The van der Waals surface area contributed by atoms with Gasteiger partial charge in [-0.1, -0.05) is 28.1 Å². The maximum atomic E-state index is 11.5. The minimum absolute atomic E-state index is 0.598. The van der Waals surface area contributed by atoms with Gasteiger partial charge in [-0.2, -0.15) is 0 Å². The second-order valence-corrected chi connectivity index (χ2v) is 4.79. The molecule has 0 heterocycles. The van der Waals surface area contributed by atoms with Gasteiger partial charge in [-0.25, -0.2) is 4.79 Å². The number of benzene rings is 1. The van der Waals surface area contributed by atoms with Gasteiger partial charge in [0, 0.05) is 4.90 Å². The monoisotopic (exact) mass is 302 g/mol. The van der Waals surface area contributed by atoms with Gasteiger partial charge in [0.2, 0.25) is 0 Å². The number of methoxy groups -OCH3 is 1. The molecule has 0 N–H and O–H groups in total. The number of Topliss-reactive ketones (excluding diaryl/α,β-unsaturated/α-hetero) is 1. The molecule has 1 rings (SSSR count). The Hall–Kier alpha value is -0.810. The van der Waals surface area contributed by atoms with Gasteiger partial charge in [0.15, 0.2) is 0 Å². The molecular formula is C11H11BrO3S. The van der Waals surface area contributed by atoms with E-state index in [0.29, 0.717) is 0 Å². The van der Waals surface area contributed by atoms with Gasteiger partial charge >= 0.3 is 5.97 Å². The van der Waals surface area contributed by atoms with Gasteiger partial charge in [-0.3, -0.25) is 4.79 Å². The van der Waals surface area contributed by atoms with Gasteiger partial charge in [-0.15, -0.1) is 11.8 Å². The van der Waals surface area contributed by atoms with Crippen molar-refractivity contribution < 1.29 is 14.3 Å². The van der Waals surface area contributed by atoms with Crippen LogP contribution in [0, 0.1) is 0 Å². The molecule has 16 heavy (non-hydrogen) atoms. The van der Waals surface area contributed by atoms with E-state index in [1.165, 1.54) is 7.11 Å². The number of rotatable bonds is 4. The Morgan fingerprint density at radius 1 is 1.31 bits per heavy atom. The van der Waals surface area contributed by atoms with Gasteiger partial charge in [0.25, 0.3) is 5.78 Å². The zero-order chi connectivity index (χ0) is 12.1. The van der Waals surface area contributed by atoms with Crippen LogP contribution in [-0.2, 0) is 14.3 Å². The number of hydrogen-bond acceptors (Lipinski definition) is 4. The fourth-order valence-electron chi connectivity index (χ4n) is 1.13. The lowest BCUT2D eigenvalue weighted by Gasteiger charge is -2.07. The summed E-state index contributed by atoms with van der Waals surface area (Å²) in [6.45, 7) is 0. The second-order valence-electron chi connectivity index (χ2n) is 2.99. The zero-order valence-corrected chi connectivity index (χ0v) is 11.3. The van der Waals surface area contributed by atoms with E-state index in [9.17, 15) is 9.59 Å². The maximum Gasteiger partial charge on any atom is 0.375 e. The molecule has 0 saturated carbocycles. The van der Waals surface area contributed by atoms with Crippen molar-refractivity contribution in [1.82, 2.24) is 0 Å². The molecule has 5 heteroatoms. The summed E-state index contributed by atoms with van der Waals surface area (Å²) in [4.78, 5) is 23.0. The summed E-state index contributed by atoms with van der Waals surface area (Å²) in [7, 11) is 1.19. The summed E-state index contributed by atoms with van der Waals surface area (Å²) in [6.07, 6.45) is 1.97. The average molecular weight is 303 g/mol. The highest BCUT2D eigenvalue weighted by Crippen LogP contribution is 2.26. The molecule has 0 radical (unpaired) electrons. The quantitative estimate of drug-likeness (QED) is 0.371. The molecule has 0 aliphatic carbocycles. The molecule has 3 nitrogen and oxygen atoms in total. The minimum Gasteiger partial charge on any atom is -0.463 e. The Balaban J connectivity index is 2.83. The lowest BCUT2D eigenvalue weighted by Crippen LogP contribution is -2.19. The van der Waals surface area contributed by atoms with Crippen LogP contribution in [0.15, 0.2) is 29.2 Å². The number of alkyl halides is 1. The molecule has 1 aromatic carbocycles. The van der Waals surface area contributed by atoms with Crippen LogP contribution in [0.2, 0.25) is 0 Å². The van der Waals surface area contributed by atoms with E-state index in [1.54, 1.807) is 11.8 Å². The summed E-state index contributed by atoms with van der Waals surface area (Å²) in [5, 5.41) is 0. The average Bonchev–Trinajstić information content (AvgIpc) is 2.36. The predicted molar refractivity (Wildman–Crippen MR) is 66.9 cm³/mol. The molecule has 0 amide bonds. The van der Waals surface area contributed by atoms with Crippen molar-refractivity contribution in [3.63, 3.8) is 0 Å². The molecule has 0 fully saturated rings. The third-order valence-electron chi connectivity index (χ3n) is 2.03. The number of thioether (sulfide) groups is 1. The third kappa shape index (κ3) is 3.09. The van der Waals surface area contributed by atoms with E-state index in [-0.39, 0.29) is 0 Å². The number of hydrogen-bond donors (Lipinski definition) is 0. The van der Waals surface area contributed by atoms with Crippen molar-refractivity contribution in [2.75, 3.05) is 13.4 Å². The van der Waals surface area contributed by atoms with Crippen molar-refractivity contribution in [2.24, 2.45) is 0 Å². The van der Waals surface area contributed by atoms with Crippen molar-refractivity contribution in [2.45, 2.75) is 9.72 Å². The Labute approximate surface area is 107 Å². The maximum absolute atomic E-state index is 11.5. The van der Waals surface area contributed by atoms with Crippen LogP contribution < -0.4 is 0 Å². The van der Waals surface area contributed by atoms with E-state index in [1.807, 2.05) is 30.5 Å². The van der Waals surface area contributed by atoms with Gasteiger partial charge in [0.1, 0.15) is 4.83 Å². The van der Waals surface area contributed by atoms with Crippen molar-refractivity contribution >= 4 is 39.4 Å². The van der Waals surface area contributed by atoms with E-state index in [2.05, 4.69) is 20.7 Å². The van der Waals surface area contributed by atoms with Crippen molar-refractivity contribution in [3.05, 3.63) is 29.8 Å². The Morgan fingerprint density at radius 3 is 2.31 bits per heavy atom. The fourth-order valence-corrected chi connectivity index (χ4v) is 2.03. The first-order chi connectivity index (χ1) is 7.60. The number of ketones is 1. The van der Waals surface area contributed by atoms with E-state index in [4.69, 9.17) is 0 Å². The van der Waals surface area contributed by atoms with Crippen molar-refractivity contribution in [3.8, 4) is 0 Å². The second kappa shape index (κ2) is 6.06. The van der Waals surface area contributed by atoms with Crippen LogP contribution in [0.5, 0.6) is 0 Å². The molecule has 1 unspecified atom stereocenters. The number of esters is 1. The molecule has 1 atom stereocenters. The molecule has 0 aliphatic heterocycles. The molecule has 86 valence electrons. The molecule has 0 bridgehead atoms. The van der Waals surface area contributed by atoms with Crippen molar-refractivity contribution in [1.29, 1.82) is 0 Å². The van der Waals surface area contributed by atoms with Gasteiger partial charge in [0.05, 0.1) is 7.11 Å². The lowest BCUT2D eigenvalue weighted by molar-refractivity contribution is -0.151. The van der Waals surface area contributed by atoms with E-state index >= 15 is 0 Å². The normalized spacial score (nSPS) is 11.9. The van der Waals surface area contributed by atoms with E-state index in [0.717, 1.165) is 10.5 Å². The van der Waals surface area contributed by atoms with Crippen LogP contribution in [0.3, 0.4) is 0 Å². The topological polar surface area (TPSA) is 43.4 Å². The summed E-state index contributed by atoms with van der Waals surface area (Å²) < 4.78 is 4.38. The highest BCUT2D eigenvalue weighted by molar-refractivity contribution is 9.09. The summed E-state index contributed by atoms with van der Waals surface area (Å²) in [5.74, 6) is -1.43. The molecule has 0 aromatic heterocycles. The smallest absolute Gasteiger partial charge is 0.375 e. The lowest BCUT2D eigenvalue weighted by atomic mass is 10.1. The molecule has 0 aliphatic rings. The first kappa shape index (κ1) is 13.3. The Bertz CT molecular complexity index is 389. The Kier molecular flexibility index (Phi) is 5.02. The molecule has 0 saturated heterocycles. The van der Waals surface area contributed by atoms with Crippen LogP contribution in [0.4, 0.5) is 0 Å². The van der Waals surface area contributed by atoms with Crippen LogP contribution in [-0.4, -0.2) is 25.1 Å². The standard InChI is InChI=1S/C11H11BrO3S/c1-15-11(14)10(13)9(12)7-3-5-8(16-2)6-4-7/h3-6,9H,1-2H3. The van der Waals surface area contributed by atoms with Gasteiger partial charge < -0.3 is 4.74 Å². The number of halogens is 1. The molecular weight excluding hydrogens is 292 g/mol. The van der Waals surface area contributed by atoms with Crippen LogP contribution in [0.25, 0.3) is 0 Å². The molecule has 0 spiro atoms. The Morgan fingerprint density at radius 2 is 1.88 bits per heavy atom. The fraction of sp³-hybridized carbons (Fsp3) is 0.273. The van der Waals surface area contributed by atoms with E-state index < -0.39 is 16.6 Å². The predicted octanol–water partition coefficient (Wildman–Crippen LogP) is 2.59. The highest BCUT2D eigenvalue weighted by Gasteiger charge is 2.24. The SMILES string of the molecule is COC(=O)C(=O)C(Br)c1ccc(SC)cc1. The third-order valence-corrected chi connectivity index (χ3v) is 3.71. The summed E-state index contributed by atoms with van der Waals surface area (Å²) in [5.41, 5.74) is 0.744. The van der Waals surface area contributed by atoms with Crippen LogP contribution >= 0.6 is 27.7 Å². The number of carbonyl (C=O) groups is 2. The number of ether oxygens (including phenoxy) is 1. The summed E-state index contributed by atoms with van der Waals surface area (Å²) >= 11 is 4.80. The minimum atomic E-state index is -0.837. The molecule has 1 aromatic rings.